The summed E-state index contributed by atoms with van der Waals surface area (Å²) in [5.41, 5.74) is 0.791. The van der Waals surface area contributed by atoms with Crippen molar-refractivity contribution >= 4 is 17.5 Å². The monoisotopic (exact) mass is 362 g/mol. The Balaban J connectivity index is 1.33. The number of likely N-dealkylation sites (tertiary alicyclic amines) is 2. The van der Waals surface area contributed by atoms with Gasteiger partial charge in [-0.25, -0.2) is 4.98 Å². The molecule has 0 radical (unpaired) electrons. The van der Waals surface area contributed by atoms with Gasteiger partial charge in [-0.05, 0) is 38.1 Å². The molecule has 0 unspecified atom stereocenters. The quantitative estimate of drug-likeness (QED) is 0.772. The summed E-state index contributed by atoms with van der Waals surface area (Å²) in [5.74, 6) is 1.13. The lowest BCUT2D eigenvalue weighted by molar-refractivity contribution is -0.167. The second kappa shape index (κ2) is 7.20. The van der Waals surface area contributed by atoms with Gasteiger partial charge in [-0.15, -0.1) is 0 Å². The molecule has 3 fully saturated rings. The Morgan fingerprint density at radius 1 is 1.12 bits per heavy atom. The standard InChI is InChI=1S/C19H27ClN4O/c20-17-10-21-16(9-22-17)12-23-8-4-7-19(13-23)14-24(18(19)25)11-15-5-2-1-3-6-15/h9-10,15H,1-8,11-14H2/t19-/m1/s1. The molecule has 6 heteroatoms. The smallest absolute Gasteiger partial charge is 0.231 e. The first-order chi connectivity index (χ1) is 12.1. The summed E-state index contributed by atoms with van der Waals surface area (Å²) in [6.45, 7) is 4.58. The molecule has 1 atom stereocenters. The zero-order valence-corrected chi connectivity index (χ0v) is 15.5. The molecule has 0 N–H and O–H groups in total. The van der Waals surface area contributed by atoms with Gasteiger partial charge in [-0.2, -0.15) is 0 Å². The number of carbonyl (C=O) groups is 1. The molecule has 1 spiro atoms. The Hall–Kier alpha value is -1.20. The van der Waals surface area contributed by atoms with Crippen LogP contribution < -0.4 is 0 Å². The maximum atomic E-state index is 12.9. The maximum Gasteiger partial charge on any atom is 0.231 e. The van der Waals surface area contributed by atoms with Crippen LogP contribution in [0.4, 0.5) is 0 Å². The van der Waals surface area contributed by atoms with Crippen LogP contribution in [0.5, 0.6) is 0 Å². The van der Waals surface area contributed by atoms with Gasteiger partial charge in [-0.3, -0.25) is 14.7 Å². The van der Waals surface area contributed by atoms with Gasteiger partial charge in [0.15, 0.2) is 0 Å². The molecule has 1 aromatic rings. The molecule has 4 rings (SSSR count). The Morgan fingerprint density at radius 2 is 1.96 bits per heavy atom. The third kappa shape index (κ3) is 3.68. The molecule has 3 aliphatic rings. The van der Waals surface area contributed by atoms with Crippen LogP contribution >= 0.6 is 11.6 Å². The lowest BCUT2D eigenvalue weighted by Gasteiger charge is -2.54. The lowest BCUT2D eigenvalue weighted by Crippen LogP contribution is -2.67. The van der Waals surface area contributed by atoms with E-state index in [9.17, 15) is 4.79 Å². The molecule has 1 aromatic heterocycles. The van der Waals surface area contributed by atoms with Crippen LogP contribution in [0.15, 0.2) is 12.4 Å². The van der Waals surface area contributed by atoms with Crippen molar-refractivity contribution in [1.82, 2.24) is 19.8 Å². The highest BCUT2D eigenvalue weighted by atomic mass is 35.5. The van der Waals surface area contributed by atoms with Crippen molar-refractivity contribution in [3.63, 3.8) is 0 Å². The highest BCUT2D eigenvalue weighted by Gasteiger charge is 2.53. The van der Waals surface area contributed by atoms with Gasteiger partial charge in [0.25, 0.3) is 0 Å². The summed E-state index contributed by atoms with van der Waals surface area (Å²) in [6, 6.07) is 0. The van der Waals surface area contributed by atoms with Crippen molar-refractivity contribution in [2.45, 2.75) is 51.5 Å². The van der Waals surface area contributed by atoms with Crippen LogP contribution in [-0.4, -0.2) is 51.9 Å². The van der Waals surface area contributed by atoms with E-state index >= 15 is 0 Å². The van der Waals surface area contributed by atoms with Crippen molar-refractivity contribution in [2.75, 3.05) is 26.2 Å². The molecule has 25 heavy (non-hydrogen) atoms. The minimum atomic E-state index is -0.132. The normalized spacial score (nSPS) is 28.4. The SMILES string of the molecule is O=C1N(CC2CCCCC2)C[C@]12CCCN(Cc1cnc(Cl)cn1)C2. The predicted molar refractivity (Wildman–Crippen MR) is 97.1 cm³/mol. The zero-order valence-electron chi connectivity index (χ0n) is 14.8. The number of amides is 1. The minimum Gasteiger partial charge on any atom is -0.341 e. The molecule has 5 nitrogen and oxygen atoms in total. The Labute approximate surface area is 154 Å². The maximum absolute atomic E-state index is 12.9. The van der Waals surface area contributed by atoms with E-state index in [2.05, 4.69) is 19.8 Å². The van der Waals surface area contributed by atoms with Crippen LogP contribution in [0.3, 0.4) is 0 Å². The van der Waals surface area contributed by atoms with Gasteiger partial charge in [0.05, 0.1) is 23.5 Å². The number of β-lactam (4-membered cyclic amide) rings is 1. The number of hydrogen-bond donors (Lipinski definition) is 0. The molecule has 3 heterocycles. The number of nitrogens with zero attached hydrogens (tertiary/aromatic N) is 4. The van der Waals surface area contributed by atoms with Crippen LogP contribution in [-0.2, 0) is 11.3 Å². The molecule has 2 aliphatic heterocycles. The van der Waals surface area contributed by atoms with Crippen LogP contribution in [0, 0.1) is 11.3 Å². The fraction of sp³-hybridized carbons (Fsp3) is 0.737. The molecule has 136 valence electrons. The number of hydrogen-bond acceptors (Lipinski definition) is 4. The van der Waals surface area contributed by atoms with E-state index < -0.39 is 0 Å². The van der Waals surface area contributed by atoms with Crippen molar-refractivity contribution in [2.24, 2.45) is 11.3 Å². The first-order valence-corrected chi connectivity index (χ1v) is 10.0. The van der Waals surface area contributed by atoms with Crippen molar-refractivity contribution in [1.29, 1.82) is 0 Å². The number of aromatic nitrogens is 2. The summed E-state index contributed by atoms with van der Waals surface area (Å²) in [4.78, 5) is 25.8. The number of rotatable bonds is 4. The third-order valence-electron chi connectivity index (χ3n) is 6.15. The fourth-order valence-corrected chi connectivity index (χ4v) is 4.99. The fourth-order valence-electron chi connectivity index (χ4n) is 4.89. The van der Waals surface area contributed by atoms with Crippen LogP contribution in [0.25, 0.3) is 0 Å². The summed E-state index contributed by atoms with van der Waals surface area (Å²) < 4.78 is 0. The van der Waals surface area contributed by atoms with E-state index in [1.54, 1.807) is 12.4 Å². The van der Waals surface area contributed by atoms with Gasteiger partial charge < -0.3 is 4.90 Å². The van der Waals surface area contributed by atoms with Gasteiger partial charge in [-0.1, -0.05) is 30.9 Å². The summed E-state index contributed by atoms with van der Waals surface area (Å²) in [7, 11) is 0. The summed E-state index contributed by atoms with van der Waals surface area (Å²) in [6.07, 6.45) is 12.1. The predicted octanol–water partition coefficient (Wildman–Crippen LogP) is 3.13. The van der Waals surface area contributed by atoms with E-state index in [1.165, 1.54) is 32.1 Å². The molecule has 2 saturated heterocycles. The largest absolute Gasteiger partial charge is 0.341 e. The average molecular weight is 363 g/mol. The first-order valence-electron chi connectivity index (χ1n) is 9.63. The van der Waals surface area contributed by atoms with Crippen molar-refractivity contribution in [3.05, 3.63) is 23.2 Å². The Morgan fingerprint density at radius 3 is 2.68 bits per heavy atom. The van der Waals surface area contributed by atoms with E-state index in [0.717, 1.165) is 57.2 Å². The lowest BCUT2D eigenvalue weighted by atomic mass is 9.71. The summed E-state index contributed by atoms with van der Waals surface area (Å²) in [5, 5.41) is 0.423. The van der Waals surface area contributed by atoms with Crippen molar-refractivity contribution < 1.29 is 4.79 Å². The van der Waals surface area contributed by atoms with Crippen LogP contribution in [0.1, 0.15) is 50.6 Å². The van der Waals surface area contributed by atoms with Gasteiger partial charge >= 0.3 is 0 Å². The second-order valence-electron chi connectivity index (χ2n) is 8.11. The molecular formula is C19H27ClN4O. The molecule has 1 saturated carbocycles. The molecule has 0 aromatic carbocycles. The van der Waals surface area contributed by atoms with E-state index in [-0.39, 0.29) is 5.41 Å². The molecule has 1 aliphatic carbocycles. The highest BCUT2D eigenvalue weighted by Crippen LogP contribution is 2.41. The molecule has 0 bridgehead atoms. The van der Waals surface area contributed by atoms with E-state index in [1.807, 2.05) is 0 Å². The van der Waals surface area contributed by atoms with Crippen LogP contribution in [0.2, 0.25) is 5.15 Å². The molecular weight excluding hydrogens is 336 g/mol. The number of piperidine rings is 1. The number of halogens is 1. The zero-order chi connectivity index (χ0) is 17.3. The topological polar surface area (TPSA) is 49.3 Å². The van der Waals surface area contributed by atoms with Gasteiger partial charge in [0, 0.05) is 26.2 Å². The average Bonchev–Trinajstić information content (AvgIpc) is 2.64. The minimum absolute atomic E-state index is 0.132. The molecule has 1 amide bonds. The Bertz CT molecular complexity index is 616. The number of carbonyl (C=O) groups excluding carboxylic acids is 1. The van der Waals surface area contributed by atoms with E-state index in [0.29, 0.717) is 11.1 Å². The van der Waals surface area contributed by atoms with Gasteiger partial charge in [0.2, 0.25) is 5.91 Å². The third-order valence-corrected chi connectivity index (χ3v) is 6.35. The van der Waals surface area contributed by atoms with E-state index in [4.69, 9.17) is 11.6 Å². The first kappa shape index (κ1) is 17.2. The van der Waals surface area contributed by atoms with Gasteiger partial charge in [0.1, 0.15) is 5.15 Å². The highest BCUT2D eigenvalue weighted by molar-refractivity contribution is 6.29. The second-order valence-corrected chi connectivity index (χ2v) is 8.50. The van der Waals surface area contributed by atoms with Crippen molar-refractivity contribution in [3.8, 4) is 0 Å². The summed E-state index contributed by atoms with van der Waals surface area (Å²) >= 11 is 5.81. The Kier molecular flexibility index (Phi) is 4.96.